The normalized spacial score (nSPS) is 10.7. The van der Waals surface area contributed by atoms with E-state index in [2.05, 4.69) is 4.98 Å². The van der Waals surface area contributed by atoms with Crippen LogP contribution in [0.2, 0.25) is 0 Å². The highest BCUT2D eigenvalue weighted by atomic mass is 16.5. The first-order chi connectivity index (χ1) is 13.3. The highest BCUT2D eigenvalue weighted by Gasteiger charge is 2.27. The first-order valence-electron chi connectivity index (χ1n) is 9.42. The van der Waals surface area contributed by atoms with E-state index in [0.29, 0.717) is 28.3 Å². The molecule has 0 saturated carbocycles. The maximum Gasteiger partial charge on any atom is 0.340 e. The molecule has 0 saturated heterocycles. The molecule has 0 spiro atoms. The van der Waals surface area contributed by atoms with E-state index in [1.165, 1.54) is 0 Å². The standard InChI is InChI=1S/C22H27NO5/c1-7-26-21(24)18-14(5)23-15(6)19(22(25)27-8-2)20(18)16-9-11-17(12-10-16)28-13(3)4/h9-13H,7-8H2,1-6H3. The van der Waals surface area contributed by atoms with Crippen molar-refractivity contribution in [1.29, 1.82) is 0 Å². The van der Waals surface area contributed by atoms with Crippen LogP contribution in [-0.4, -0.2) is 36.2 Å². The van der Waals surface area contributed by atoms with Crippen molar-refractivity contribution in [3.05, 3.63) is 46.8 Å². The number of ether oxygens (including phenoxy) is 3. The molecule has 0 aliphatic heterocycles. The van der Waals surface area contributed by atoms with Gasteiger partial charge in [0.05, 0.1) is 41.8 Å². The monoisotopic (exact) mass is 385 g/mol. The topological polar surface area (TPSA) is 74.7 Å². The highest BCUT2D eigenvalue weighted by Crippen LogP contribution is 2.33. The van der Waals surface area contributed by atoms with Gasteiger partial charge < -0.3 is 14.2 Å². The van der Waals surface area contributed by atoms with Gasteiger partial charge in [-0.3, -0.25) is 4.98 Å². The Hall–Kier alpha value is -2.89. The lowest BCUT2D eigenvalue weighted by Gasteiger charge is -2.18. The molecule has 2 rings (SSSR count). The van der Waals surface area contributed by atoms with E-state index in [-0.39, 0.29) is 30.4 Å². The van der Waals surface area contributed by atoms with E-state index in [0.717, 1.165) is 0 Å². The van der Waals surface area contributed by atoms with E-state index in [9.17, 15) is 9.59 Å². The predicted octanol–water partition coefficient (Wildman–Crippen LogP) is 4.51. The van der Waals surface area contributed by atoms with Crippen LogP contribution in [0.3, 0.4) is 0 Å². The lowest BCUT2D eigenvalue weighted by atomic mass is 9.92. The van der Waals surface area contributed by atoms with Gasteiger partial charge in [0.15, 0.2) is 0 Å². The fraction of sp³-hybridized carbons (Fsp3) is 0.409. The molecule has 0 radical (unpaired) electrons. The zero-order chi connectivity index (χ0) is 20.8. The van der Waals surface area contributed by atoms with E-state index in [4.69, 9.17) is 14.2 Å². The maximum atomic E-state index is 12.7. The summed E-state index contributed by atoms with van der Waals surface area (Å²) in [4.78, 5) is 29.8. The van der Waals surface area contributed by atoms with Crippen molar-refractivity contribution in [1.82, 2.24) is 4.98 Å². The summed E-state index contributed by atoms with van der Waals surface area (Å²) in [5, 5.41) is 0. The number of pyridine rings is 1. The van der Waals surface area contributed by atoms with Crippen LogP contribution in [0.4, 0.5) is 0 Å². The van der Waals surface area contributed by atoms with Gasteiger partial charge in [-0.15, -0.1) is 0 Å². The summed E-state index contributed by atoms with van der Waals surface area (Å²) >= 11 is 0. The number of nitrogens with zero attached hydrogens (tertiary/aromatic N) is 1. The van der Waals surface area contributed by atoms with Crippen LogP contribution in [0.15, 0.2) is 24.3 Å². The number of hydrogen-bond acceptors (Lipinski definition) is 6. The summed E-state index contributed by atoms with van der Waals surface area (Å²) in [7, 11) is 0. The summed E-state index contributed by atoms with van der Waals surface area (Å²) in [6.07, 6.45) is 0.0430. The van der Waals surface area contributed by atoms with Crippen LogP contribution in [0.5, 0.6) is 5.75 Å². The molecular weight excluding hydrogens is 358 g/mol. The van der Waals surface area contributed by atoms with Gasteiger partial charge in [0, 0.05) is 5.56 Å². The number of hydrogen-bond donors (Lipinski definition) is 0. The van der Waals surface area contributed by atoms with Crippen LogP contribution in [0.1, 0.15) is 59.8 Å². The Balaban J connectivity index is 2.73. The van der Waals surface area contributed by atoms with E-state index in [1.807, 2.05) is 38.1 Å². The molecule has 0 aliphatic carbocycles. The maximum absolute atomic E-state index is 12.7. The molecule has 0 unspecified atom stereocenters. The molecule has 1 heterocycles. The minimum Gasteiger partial charge on any atom is -0.491 e. The summed E-state index contributed by atoms with van der Waals surface area (Å²) in [5.41, 5.74) is 2.71. The average molecular weight is 385 g/mol. The Morgan fingerprint density at radius 2 is 1.36 bits per heavy atom. The third kappa shape index (κ3) is 4.68. The molecule has 28 heavy (non-hydrogen) atoms. The Labute approximate surface area is 165 Å². The fourth-order valence-corrected chi connectivity index (χ4v) is 3.02. The second-order valence-electron chi connectivity index (χ2n) is 6.54. The number of rotatable bonds is 7. The van der Waals surface area contributed by atoms with Gasteiger partial charge in [-0.05, 0) is 59.2 Å². The van der Waals surface area contributed by atoms with Gasteiger partial charge in [0.1, 0.15) is 5.75 Å². The quantitative estimate of drug-likeness (QED) is 0.653. The van der Waals surface area contributed by atoms with Crippen LogP contribution in [0, 0.1) is 13.8 Å². The van der Waals surface area contributed by atoms with Crippen molar-refractivity contribution in [2.45, 2.75) is 47.6 Å². The molecular formula is C22H27NO5. The summed E-state index contributed by atoms with van der Waals surface area (Å²) in [6, 6.07) is 7.25. The average Bonchev–Trinajstić information content (AvgIpc) is 2.61. The number of aryl methyl sites for hydroxylation is 2. The van der Waals surface area contributed by atoms with Crippen LogP contribution in [-0.2, 0) is 9.47 Å². The largest absolute Gasteiger partial charge is 0.491 e. The van der Waals surface area contributed by atoms with E-state index in [1.54, 1.807) is 27.7 Å². The van der Waals surface area contributed by atoms with Gasteiger partial charge in [0.2, 0.25) is 0 Å². The molecule has 2 aromatic rings. The van der Waals surface area contributed by atoms with Crippen molar-refractivity contribution >= 4 is 11.9 Å². The van der Waals surface area contributed by atoms with Gasteiger partial charge in [0.25, 0.3) is 0 Å². The third-order valence-electron chi connectivity index (χ3n) is 4.03. The van der Waals surface area contributed by atoms with Crippen molar-refractivity contribution in [3.63, 3.8) is 0 Å². The number of esters is 2. The first-order valence-corrected chi connectivity index (χ1v) is 9.42. The zero-order valence-electron chi connectivity index (χ0n) is 17.3. The first kappa shape index (κ1) is 21.4. The SMILES string of the molecule is CCOC(=O)c1c(C)nc(C)c(C(=O)OCC)c1-c1ccc(OC(C)C)cc1. The highest BCUT2D eigenvalue weighted by molar-refractivity contribution is 6.07. The Morgan fingerprint density at radius 1 is 0.893 bits per heavy atom. The molecule has 0 atom stereocenters. The molecule has 1 aromatic carbocycles. The van der Waals surface area contributed by atoms with Gasteiger partial charge in [-0.25, -0.2) is 9.59 Å². The molecule has 6 nitrogen and oxygen atoms in total. The summed E-state index contributed by atoms with van der Waals surface area (Å²) < 4.78 is 16.1. The number of carbonyl (C=O) groups excluding carboxylic acids is 2. The fourth-order valence-electron chi connectivity index (χ4n) is 3.02. The summed E-state index contributed by atoms with van der Waals surface area (Å²) in [6.45, 7) is 11.3. The Bertz CT molecular complexity index is 814. The number of benzene rings is 1. The van der Waals surface area contributed by atoms with Gasteiger partial charge in [-0.1, -0.05) is 12.1 Å². The molecule has 0 N–H and O–H groups in total. The molecule has 0 bridgehead atoms. The van der Waals surface area contributed by atoms with Crippen LogP contribution < -0.4 is 4.74 Å². The Morgan fingerprint density at radius 3 is 1.75 bits per heavy atom. The second-order valence-corrected chi connectivity index (χ2v) is 6.54. The third-order valence-corrected chi connectivity index (χ3v) is 4.03. The van der Waals surface area contributed by atoms with Crippen molar-refractivity contribution in [3.8, 4) is 16.9 Å². The van der Waals surface area contributed by atoms with Crippen LogP contribution in [0.25, 0.3) is 11.1 Å². The molecule has 150 valence electrons. The zero-order valence-corrected chi connectivity index (χ0v) is 17.3. The number of aromatic nitrogens is 1. The van der Waals surface area contributed by atoms with Crippen molar-refractivity contribution < 1.29 is 23.8 Å². The Kier molecular flexibility index (Phi) is 7.15. The van der Waals surface area contributed by atoms with E-state index >= 15 is 0 Å². The smallest absolute Gasteiger partial charge is 0.340 e. The van der Waals surface area contributed by atoms with Crippen LogP contribution >= 0.6 is 0 Å². The summed E-state index contributed by atoms with van der Waals surface area (Å²) in [5.74, 6) is -0.331. The van der Waals surface area contributed by atoms with Crippen molar-refractivity contribution in [2.24, 2.45) is 0 Å². The molecule has 6 heteroatoms. The minimum absolute atomic E-state index is 0.0430. The number of carbonyl (C=O) groups is 2. The van der Waals surface area contributed by atoms with E-state index < -0.39 is 11.9 Å². The lowest BCUT2D eigenvalue weighted by molar-refractivity contribution is 0.0525. The molecule has 0 aliphatic rings. The van der Waals surface area contributed by atoms with Gasteiger partial charge >= 0.3 is 11.9 Å². The molecule has 1 aromatic heterocycles. The minimum atomic E-state index is -0.518. The molecule has 0 fully saturated rings. The molecule has 0 amide bonds. The van der Waals surface area contributed by atoms with Crippen molar-refractivity contribution in [2.75, 3.05) is 13.2 Å². The van der Waals surface area contributed by atoms with Gasteiger partial charge in [-0.2, -0.15) is 0 Å². The second kappa shape index (κ2) is 9.35. The lowest BCUT2D eigenvalue weighted by Crippen LogP contribution is -2.17. The predicted molar refractivity (Wildman–Crippen MR) is 107 cm³/mol.